The molecule has 0 spiro atoms. The van der Waals surface area contributed by atoms with E-state index in [-0.39, 0.29) is 11.4 Å². The minimum Gasteiger partial charge on any atom is -0.377 e. The number of hydrogen-bond acceptors (Lipinski definition) is 4. The minimum absolute atomic E-state index is 0.0900. The number of halogens is 1. The van der Waals surface area contributed by atoms with Gasteiger partial charge >= 0.3 is 0 Å². The Morgan fingerprint density at radius 2 is 2.25 bits per heavy atom. The maximum Gasteiger partial charge on any atom is 0.136 e. The molecule has 152 valence electrons. The highest BCUT2D eigenvalue weighted by molar-refractivity contribution is 7.99. The third kappa shape index (κ3) is 4.51. The number of methoxy groups -OCH3 is 1. The fourth-order valence-electron chi connectivity index (χ4n) is 4.16. The van der Waals surface area contributed by atoms with Crippen LogP contribution in [0.15, 0.2) is 54.7 Å². The Kier molecular flexibility index (Phi) is 7.69. The third-order valence-electron chi connectivity index (χ3n) is 5.54. The first-order chi connectivity index (χ1) is 13.6. The van der Waals surface area contributed by atoms with Crippen molar-refractivity contribution < 1.29 is 9.84 Å². The van der Waals surface area contributed by atoms with Crippen LogP contribution in [0.1, 0.15) is 37.0 Å². The van der Waals surface area contributed by atoms with E-state index < -0.39 is 6.23 Å². The highest BCUT2D eigenvalue weighted by Crippen LogP contribution is 2.49. The fraction of sp³-hybridized carbons (Fsp3) is 0.478. The Bertz CT molecular complexity index is 748. The lowest BCUT2D eigenvalue weighted by Gasteiger charge is -2.34. The minimum atomic E-state index is -0.556. The molecule has 2 aliphatic rings. The number of anilines is 1. The van der Waals surface area contributed by atoms with Crippen molar-refractivity contribution in [3.8, 4) is 0 Å². The molecule has 0 aromatic heterocycles. The molecule has 1 aromatic carbocycles. The van der Waals surface area contributed by atoms with Crippen molar-refractivity contribution in [3.05, 3.63) is 65.2 Å². The van der Waals surface area contributed by atoms with Crippen molar-refractivity contribution in [2.45, 2.75) is 43.8 Å². The van der Waals surface area contributed by atoms with Crippen LogP contribution in [0, 0.1) is 5.92 Å². The summed E-state index contributed by atoms with van der Waals surface area (Å²) < 4.78 is 5.81. The number of nitrogens with zero attached hydrogens (tertiary/aromatic N) is 1. The van der Waals surface area contributed by atoms with Crippen LogP contribution in [-0.4, -0.2) is 36.8 Å². The van der Waals surface area contributed by atoms with Gasteiger partial charge in [0.05, 0.1) is 11.4 Å². The monoisotopic (exact) mass is 419 g/mol. The van der Waals surface area contributed by atoms with Gasteiger partial charge in [-0.2, -0.15) is 0 Å². The lowest BCUT2D eigenvalue weighted by Crippen LogP contribution is -2.36. The SMILES string of the molecule is C=CCN1c2ccc(Cl)cc2[C@@H](C2=CC=CC(OC)C2CCCC)SCC1O. The van der Waals surface area contributed by atoms with E-state index in [2.05, 4.69) is 37.8 Å². The summed E-state index contributed by atoms with van der Waals surface area (Å²) in [6.07, 6.45) is 11.3. The smallest absolute Gasteiger partial charge is 0.136 e. The zero-order valence-electron chi connectivity index (χ0n) is 16.7. The molecule has 3 unspecified atom stereocenters. The van der Waals surface area contributed by atoms with Crippen molar-refractivity contribution in [3.63, 3.8) is 0 Å². The summed E-state index contributed by atoms with van der Waals surface area (Å²) in [5.41, 5.74) is 3.56. The molecule has 1 aromatic rings. The van der Waals surface area contributed by atoms with E-state index >= 15 is 0 Å². The fourth-order valence-corrected chi connectivity index (χ4v) is 5.70. The highest BCUT2D eigenvalue weighted by Gasteiger charge is 2.35. The number of rotatable bonds is 7. The number of fused-ring (bicyclic) bond motifs is 1. The quantitative estimate of drug-likeness (QED) is 0.570. The van der Waals surface area contributed by atoms with Gasteiger partial charge in [0, 0.05) is 36.0 Å². The largest absolute Gasteiger partial charge is 0.377 e. The van der Waals surface area contributed by atoms with Crippen LogP contribution in [0.25, 0.3) is 0 Å². The Morgan fingerprint density at radius 1 is 1.43 bits per heavy atom. The lowest BCUT2D eigenvalue weighted by atomic mass is 9.81. The second-order valence-electron chi connectivity index (χ2n) is 7.34. The molecule has 0 amide bonds. The first-order valence-electron chi connectivity index (χ1n) is 9.98. The molecule has 0 radical (unpaired) electrons. The van der Waals surface area contributed by atoms with Crippen LogP contribution >= 0.6 is 23.4 Å². The van der Waals surface area contributed by atoms with E-state index in [1.807, 2.05) is 23.1 Å². The summed E-state index contributed by atoms with van der Waals surface area (Å²) in [4.78, 5) is 2.01. The molecule has 1 aliphatic carbocycles. The lowest BCUT2D eigenvalue weighted by molar-refractivity contribution is 0.0959. The standard InChI is InChI=1S/C23H30ClNO2S/c1-4-6-8-17-18(9-7-10-21(17)27-3)23-19-14-16(24)11-12-20(19)25(13-5-2)22(26)15-28-23/h5,7,9-12,14,17,21-23,26H,2,4,6,8,13,15H2,1,3H3/t17?,21?,22?,23-/m1/s1. The topological polar surface area (TPSA) is 32.7 Å². The number of hydrogen-bond donors (Lipinski definition) is 1. The van der Waals surface area contributed by atoms with Crippen LogP contribution in [-0.2, 0) is 4.74 Å². The van der Waals surface area contributed by atoms with Gasteiger partial charge in [0.15, 0.2) is 0 Å². The summed E-state index contributed by atoms with van der Waals surface area (Å²) in [5.74, 6) is 0.965. The molecule has 28 heavy (non-hydrogen) atoms. The summed E-state index contributed by atoms with van der Waals surface area (Å²) in [7, 11) is 1.79. The van der Waals surface area contributed by atoms with E-state index in [9.17, 15) is 5.11 Å². The second-order valence-corrected chi connectivity index (χ2v) is 8.91. The predicted molar refractivity (Wildman–Crippen MR) is 121 cm³/mol. The Hall–Kier alpha value is -1.20. The van der Waals surface area contributed by atoms with Gasteiger partial charge in [-0.05, 0) is 35.8 Å². The molecule has 1 N–H and O–H groups in total. The molecule has 0 bridgehead atoms. The van der Waals surface area contributed by atoms with Crippen molar-refractivity contribution in [2.24, 2.45) is 5.92 Å². The van der Waals surface area contributed by atoms with E-state index in [1.54, 1.807) is 18.9 Å². The van der Waals surface area contributed by atoms with E-state index in [4.69, 9.17) is 16.3 Å². The van der Waals surface area contributed by atoms with Crippen LogP contribution < -0.4 is 4.90 Å². The van der Waals surface area contributed by atoms with Crippen LogP contribution in [0.3, 0.4) is 0 Å². The Labute approximate surface area is 178 Å². The van der Waals surface area contributed by atoms with Gasteiger partial charge in [-0.1, -0.05) is 55.7 Å². The molecule has 5 heteroatoms. The summed E-state index contributed by atoms with van der Waals surface area (Å²) >= 11 is 8.19. The van der Waals surface area contributed by atoms with Crippen LogP contribution in [0.5, 0.6) is 0 Å². The number of aliphatic hydroxyl groups is 1. The summed E-state index contributed by atoms with van der Waals surface area (Å²) in [6.45, 7) is 6.69. The van der Waals surface area contributed by atoms with Crippen molar-refractivity contribution in [2.75, 3.05) is 24.3 Å². The second kappa shape index (κ2) is 10.0. The zero-order chi connectivity index (χ0) is 20.1. The first kappa shape index (κ1) is 21.5. The van der Waals surface area contributed by atoms with Crippen molar-refractivity contribution >= 4 is 29.1 Å². The van der Waals surface area contributed by atoms with Crippen molar-refractivity contribution in [1.82, 2.24) is 0 Å². The maximum absolute atomic E-state index is 10.8. The normalized spacial score (nSPS) is 27.1. The van der Waals surface area contributed by atoms with Gasteiger partial charge in [0.2, 0.25) is 0 Å². The average molecular weight is 420 g/mol. The third-order valence-corrected chi connectivity index (χ3v) is 7.12. The number of unbranched alkanes of at least 4 members (excludes halogenated alkanes) is 1. The zero-order valence-corrected chi connectivity index (χ0v) is 18.3. The maximum atomic E-state index is 10.8. The molecule has 0 saturated heterocycles. The predicted octanol–water partition coefficient (Wildman–Crippen LogP) is 5.76. The van der Waals surface area contributed by atoms with E-state index in [0.29, 0.717) is 18.2 Å². The molecular formula is C23H30ClNO2S. The number of benzene rings is 1. The molecule has 0 saturated carbocycles. The molecule has 4 atom stereocenters. The van der Waals surface area contributed by atoms with Gasteiger partial charge in [-0.15, -0.1) is 18.3 Å². The van der Waals surface area contributed by atoms with Gasteiger partial charge < -0.3 is 14.7 Å². The number of aliphatic hydroxyl groups excluding tert-OH is 1. The molecule has 0 fully saturated rings. The number of ether oxygens (including phenoxy) is 1. The van der Waals surface area contributed by atoms with Gasteiger partial charge in [-0.3, -0.25) is 0 Å². The first-order valence-corrected chi connectivity index (χ1v) is 11.4. The van der Waals surface area contributed by atoms with Crippen LogP contribution in [0.4, 0.5) is 5.69 Å². The molecule has 3 rings (SSSR count). The Morgan fingerprint density at radius 3 is 2.96 bits per heavy atom. The highest BCUT2D eigenvalue weighted by atomic mass is 35.5. The number of thioether (sulfide) groups is 1. The molecular weight excluding hydrogens is 390 g/mol. The van der Waals surface area contributed by atoms with Gasteiger partial charge in [-0.25, -0.2) is 0 Å². The van der Waals surface area contributed by atoms with E-state index in [1.165, 1.54) is 12.0 Å². The summed E-state index contributed by atoms with van der Waals surface area (Å²) in [5, 5.41) is 11.6. The average Bonchev–Trinajstić information content (AvgIpc) is 2.83. The molecule has 3 nitrogen and oxygen atoms in total. The van der Waals surface area contributed by atoms with E-state index in [0.717, 1.165) is 29.1 Å². The summed E-state index contributed by atoms with van der Waals surface area (Å²) in [6, 6.07) is 5.98. The van der Waals surface area contributed by atoms with Gasteiger partial charge in [0.25, 0.3) is 0 Å². The number of allylic oxidation sites excluding steroid dienone is 2. The molecule has 1 aliphatic heterocycles. The molecule has 1 heterocycles. The van der Waals surface area contributed by atoms with Crippen molar-refractivity contribution in [1.29, 1.82) is 0 Å². The van der Waals surface area contributed by atoms with Crippen LogP contribution in [0.2, 0.25) is 5.02 Å². The Balaban J connectivity index is 2.05. The van der Waals surface area contributed by atoms with Gasteiger partial charge in [0.1, 0.15) is 6.23 Å².